The molecule has 1 heterocycles. The molecule has 0 fully saturated rings. The van der Waals surface area contributed by atoms with Crippen molar-refractivity contribution in [2.24, 2.45) is 0 Å². The number of nitrogen functional groups attached to an aromatic ring is 1. The van der Waals surface area contributed by atoms with Gasteiger partial charge >= 0.3 is 0 Å². The number of methoxy groups -OCH3 is 1. The Labute approximate surface area is 116 Å². The molecule has 2 rings (SSSR count). The van der Waals surface area contributed by atoms with Crippen molar-refractivity contribution in [2.45, 2.75) is 12.1 Å². The Kier molecular flexibility index (Phi) is 4.11. The number of ether oxygens (including phenoxy) is 1. The highest BCUT2D eigenvalue weighted by atomic mass is 32.2. The van der Waals surface area contributed by atoms with Crippen molar-refractivity contribution in [1.29, 1.82) is 0 Å². The van der Waals surface area contributed by atoms with E-state index in [0.29, 0.717) is 16.8 Å². The van der Waals surface area contributed by atoms with E-state index in [1.165, 1.54) is 11.8 Å². The molecule has 2 aromatic rings. The molecule has 0 radical (unpaired) electrons. The number of aromatic nitrogens is 2. The van der Waals surface area contributed by atoms with Gasteiger partial charge in [0.1, 0.15) is 17.4 Å². The van der Waals surface area contributed by atoms with E-state index in [1.54, 1.807) is 13.2 Å². The molecule has 0 spiro atoms. The molecule has 1 aromatic heterocycles. The SMILES string of the molecule is COc1ccc(Nc2cc(N)nc(SC)n2)cc1C. The molecule has 100 valence electrons. The average Bonchev–Trinajstić information content (AvgIpc) is 2.38. The lowest BCUT2D eigenvalue weighted by Gasteiger charge is -2.10. The van der Waals surface area contributed by atoms with Crippen molar-refractivity contribution >= 4 is 29.1 Å². The van der Waals surface area contributed by atoms with Crippen molar-refractivity contribution in [1.82, 2.24) is 9.97 Å². The molecule has 0 aliphatic rings. The van der Waals surface area contributed by atoms with Crippen molar-refractivity contribution in [3.05, 3.63) is 29.8 Å². The molecule has 3 N–H and O–H groups in total. The van der Waals surface area contributed by atoms with Gasteiger partial charge in [-0.05, 0) is 36.9 Å². The van der Waals surface area contributed by atoms with Crippen LogP contribution >= 0.6 is 11.8 Å². The number of hydrogen-bond donors (Lipinski definition) is 2. The number of hydrogen-bond acceptors (Lipinski definition) is 6. The zero-order valence-electron chi connectivity index (χ0n) is 11.1. The third-order valence-corrected chi connectivity index (χ3v) is 3.12. The first-order valence-corrected chi connectivity index (χ1v) is 6.95. The van der Waals surface area contributed by atoms with Gasteiger partial charge in [0.2, 0.25) is 0 Å². The van der Waals surface area contributed by atoms with E-state index in [-0.39, 0.29) is 0 Å². The largest absolute Gasteiger partial charge is 0.496 e. The van der Waals surface area contributed by atoms with Crippen LogP contribution in [0.4, 0.5) is 17.3 Å². The summed E-state index contributed by atoms with van der Waals surface area (Å²) in [6.07, 6.45) is 1.91. The second-order valence-corrected chi connectivity index (χ2v) is 4.75. The Bertz CT molecular complexity index is 589. The van der Waals surface area contributed by atoms with Crippen LogP contribution in [-0.4, -0.2) is 23.3 Å². The normalized spacial score (nSPS) is 10.3. The maximum absolute atomic E-state index is 5.74. The molecule has 0 saturated carbocycles. The van der Waals surface area contributed by atoms with Gasteiger partial charge in [0.05, 0.1) is 7.11 Å². The van der Waals surface area contributed by atoms with E-state index >= 15 is 0 Å². The zero-order valence-corrected chi connectivity index (χ0v) is 11.9. The van der Waals surface area contributed by atoms with Gasteiger partial charge in [-0.25, -0.2) is 9.97 Å². The monoisotopic (exact) mass is 276 g/mol. The Morgan fingerprint density at radius 3 is 2.68 bits per heavy atom. The highest BCUT2D eigenvalue weighted by molar-refractivity contribution is 7.98. The Balaban J connectivity index is 2.25. The van der Waals surface area contributed by atoms with Crippen LogP contribution in [0.3, 0.4) is 0 Å². The summed E-state index contributed by atoms with van der Waals surface area (Å²) in [4.78, 5) is 8.46. The summed E-state index contributed by atoms with van der Waals surface area (Å²) in [5, 5.41) is 3.86. The molecule has 0 aliphatic carbocycles. The lowest BCUT2D eigenvalue weighted by molar-refractivity contribution is 0.412. The Morgan fingerprint density at radius 1 is 1.26 bits per heavy atom. The molecule has 0 aliphatic heterocycles. The van der Waals surface area contributed by atoms with Crippen LogP contribution in [0.2, 0.25) is 0 Å². The summed E-state index contributed by atoms with van der Waals surface area (Å²) >= 11 is 1.45. The second-order valence-electron chi connectivity index (χ2n) is 3.97. The first-order chi connectivity index (χ1) is 9.12. The molecule has 19 heavy (non-hydrogen) atoms. The molecule has 6 heteroatoms. The molecule has 0 unspecified atom stereocenters. The zero-order chi connectivity index (χ0) is 13.8. The third kappa shape index (κ3) is 3.29. The van der Waals surface area contributed by atoms with Crippen LogP contribution in [0.1, 0.15) is 5.56 Å². The number of anilines is 3. The van der Waals surface area contributed by atoms with E-state index in [2.05, 4.69) is 15.3 Å². The highest BCUT2D eigenvalue weighted by Gasteiger charge is 2.04. The molecule has 5 nitrogen and oxygen atoms in total. The van der Waals surface area contributed by atoms with Gasteiger partial charge in [-0.15, -0.1) is 0 Å². The van der Waals surface area contributed by atoms with Gasteiger partial charge in [-0.3, -0.25) is 0 Å². The van der Waals surface area contributed by atoms with Gasteiger partial charge in [0.15, 0.2) is 5.16 Å². The summed E-state index contributed by atoms with van der Waals surface area (Å²) < 4.78 is 5.23. The fourth-order valence-electron chi connectivity index (χ4n) is 1.70. The average molecular weight is 276 g/mol. The minimum atomic E-state index is 0.451. The lowest BCUT2D eigenvalue weighted by Crippen LogP contribution is -2.00. The summed E-state index contributed by atoms with van der Waals surface area (Å²) in [5.74, 6) is 1.99. The minimum absolute atomic E-state index is 0.451. The Hall–Kier alpha value is -1.95. The fourth-order valence-corrected chi connectivity index (χ4v) is 2.09. The molecular weight excluding hydrogens is 260 g/mol. The molecular formula is C13H16N4OS. The maximum Gasteiger partial charge on any atom is 0.191 e. The van der Waals surface area contributed by atoms with Gasteiger partial charge in [-0.1, -0.05) is 11.8 Å². The van der Waals surface area contributed by atoms with Crippen molar-refractivity contribution in [3.8, 4) is 5.75 Å². The summed E-state index contributed by atoms with van der Waals surface area (Å²) in [5.41, 5.74) is 7.73. The van der Waals surface area contributed by atoms with Crippen LogP contribution in [0.5, 0.6) is 5.75 Å². The van der Waals surface area contributed by atoms with Crippen LogP contribution in [-0.2, 0) is 0 Å². The first kappa shape index (κ1) is 13.5. The second kappa shape index (κ2) is 5.79. The maximum atomic E-state index is 5.74. The number of aryl methyl sites for hydroxylation is 1. The number of nitrogens with one attached hydrogen (secondary N) is 1. The van der Waals surface area contributed by atoms with E-state index in [0.717, 1.165) is 17.0 Å². The minimum Gasteiger partial charge on any atom is -0.496 e. The van der Waals surface area contributed by atoms with E-state index in [4.69, 9.17) is 10.5 Å². The van der Waals surface area contributed by atoms with E-state index in [9.17, 15) is 0 Å². The number of nitrogens with two attached hydrogens (primary N) is 1. The molecule has 1 aromatic carbocycles. The van der Waals surface area contributed by atoms with Crippen LogP contribution < -0.4 is 15.8 Å². The number of thioether (sulfide) groups is 1. The third-order valence-electron chi connectivity index (χ3n) is 2.58. The summed E-state index contributed by atoms with van der Waals surface area (Å²) in [7, 11) is 1.66. The quantitative estimate of drug-likeness (QED) is 0.661. The van der Waals surface area contributed by atoms with Crippen molar-refractivity contribution < 1.29 is 4.74 Å². The van der Waals surface area contributed by atoms with Crippen LogP contribution in [0.15, 0.2) is 29.4 Å². The molecule has 0 atom stereocenters. The smallest absolute Gasteiger partial charge is 0.191 e. The molecule has 0 amide bonds. The van der Waals surface area contributed by atoms with Crippen LogP contribution in [0, 0.1) is 6.92 Å². The topological polar surface area (TPSA) is 73.1 Å². The molecule has 0 saturated heterocycles. The van der Waals surface area contributed by atoms with E-state index in [1.807, 2.05) is 31.4 Å². The number of rotatable bonds is 4. The van der Waals surface area contributed by atoms with Gasteiger partial charge in [-0.2, -0.15) is 0 Å². The number of nitrogens with zero attached hydrogens (tertiary/aromatic N) is 2. The summed E-state index contributed by atoms with van der Waals surface area (Å²) in [6, 6.07) is 7.55. The van der Waals surface area contributed by atoms with Gasteiger partial charge in [0.25, 0.3) is 0 Å². The molecule has 0 bridgehead atoms. The highest BCUT2D eigenvalue weighted by Crippen LogP contribution is 2.24. The number of benzene rings is 1. The summed E-state index contributed by atoms with van der Waals surface area (Å²) in [6.45, 7) is 1.99. The lowest BCUT2D eigenvalue weighted by atomic mass is 10.2. The first-order valence-electron chi connectivity index (χ1n) is 5.72. The van der Waals surface area contributed by atoms with Crippen LogP contribution in [0.25, 0.3) is 0 Å². The standard InChI is InChI=1S/C13H16N4OS/c1-8-6-9(4-5-10(8)18-2)15-12-7-11(14)16-13(17-12)19-3/h4-7H,1-3H3,(H3,14,15,16,17). The Morgan fingerprint density at radius 2 is 2.05 bits per heavy atom. The van der Waals surface area contributed by atoms with Crippen molar-refractivity contribution in [3.63, 3.8) is 0 Å². The van der Waals surface area contributed by atoms with E-state index < -0.39 is 0 Å². The predicted molar refractivity (Wildman–Crippen MR) is 79.2 cm³/mol. The fraction of sp³-hybridized carbons (Fsp3) is 0.231. The van der Waals surface area contributed by atoms with Gasteiger partial charge in [0, 0.05) is 11.8 Å². The predicted octanol–water partition coefficient (Wildman–Crippen LogP) is 2.84. The van der Waals surface area contributed by atoms with Crippen molar-refractivity contribution in [2.75, 3.05) is 24.4 Å². The van der Waals surface area contributed by atoms with Gasteiger partial charge < -0.3 is 15.8 Å².